The summed E-state index contributed by atoms with van der Waals surface area (Å²) in [5.74, 6) is 0.295. The van der Waals surface area contributed by atoms with E-state index in [9.17, 15) is 13.2 Å². The zero-order valence-electron chi connectivity index (χ0n) is 7.61. The minimum Gasteiger partial charge on any atom is -0.166 e. The average molecular weight is 340 g/mol. The van der Waals surface area contributed by atoms with Gasteiger partial charge in [0.05, 0.1) is 5.56 Å². The van der Waals surface area contributed by atoms with Crippen molar-refractivity contribution in [3.05, 3.63) is 29.8 Å². The van der Waals surface area contributed by atoms with Crippen LogP contribution in [-0.2, 0) is 6.18 Å². The number of benzene rings is 1. The largest absolute Gasteiger partial charge is 0.416 e. The van der Waals surface area contributed by atoms with E-state index in [4.69, 9.17) is 0 Å². The van der Waals surface area contributed by atoms with Crippen molar-refractivity contribution >= 4 is 22.9 Å². The molecule has 84 valence electrons. The highest BCUT2D eigenvalue weighted by atomic mass is 127. The van der Waals surface area contributed by atoms with Crippen LogP contribution < -0.4 is 0 Å². The van der Waals surface area contributed by atoms with Crippen LogP contribution >= 0.6 is 22.9 Å². The standard InChI is InChI=1S/C8H4F3IN4/c9-8(10,11)6-3-1-5(2-4-6)7-13-15-16(12)14-7/h1-4H. The molecule has 0 amide bonds. The van der Waals surface area contributed by atoms with Gasteiger partial charge in [-0.25, -0.2) is 0 Å². The molecule has 0 fully saturated rings. The smallest absolute Gasteiger partial charge is 0.166 e. The van der Waals surface area contributed by atoms with E-state index >= 15 is 0 Å². The Morgan fingerprint density at radius 3 is 2.19 bits per heavy atom. The van der Waals surface area contributed by atoms with E-state index in [2.05, 4.69) is 15.4 Å². The van der Waals surface area contributed by atoms with Crippen LogP contribution in [0.5, 0.6) is 0 Å². The number of alkyl halides is 3. The van der Waals surface area contributed by atoms with Gasteiger partial charge in [0, 0.05) is 5.56 Å². The minimum atomic E-state index is -4.33. The quantitative estimate of drug-likeness (QED) is 0.750. The molecule has 0 bridgehead atoms. The Kier molecular flexibility index (Phi) is 2.82. The molecule has 0 aliphatic rings. The molecule has 0 atom stereocenters. The first-order chi connectivity index (χ1) is 7.47. The normalized spacial score (nSPS) is 11.8. The number of nitrogens with zero attached hydrogens (tertiary/aromatic N) is 4. The molecule has 0 radical (unpaired) electrons. The molecule has 4 nitrogen and oxygen atoms in total. The molecule has 0 saturated heterocycles. The van der Waals surface area contributed by atoms with Crippen molar-refractivity contribution in [2.75, 3.05) is 0 Å². The number of halogens is 4. The molecule has 0 unspecified atom stereocenters. The van der Waals surface area contributed by atoms with Crippen LogP contribution in [0.25, 0.3) is 11.4 Å². The van der Waals surface area contributed by atoms with Crippen molar-refractivity contribution in [2.24, 2.45) is 0 Å². The highest BCUT2D eigenvalue weighted by Crippen LogP contribution is 2.30. The monoisotopic (exact) mass is 340 g/mol. The van der Waals surface area contributed by atoms with E-state index < -0.39 is 11.7 Å². The van der Waals surface area contributed by atoms with Crippen molar-refractivity contribution in [2.45, 2.75) is 6.18 Å². The summed E-state index contributed by atoms with van der Waals surface area (Å²) in [7, 11) is 0. The second-order valence-electron chi connectivity index (χ2n) is 2.93. The predicted molar refractivity (Wildman–Crippen MR) is 57.7 cm³/mol. The summed E-state index contributed by atoms with van der Waals surface area (Å²) < 4.78 is 38.0. The van der Waals surface area contributed by atoms with Gasteiger partial charge >= 0.3 is 6.18 Å². The summed E-state index contributed by atoms with van der Waals surface area (Å²) in [5.41, 5.74) is -0.200. The van der Waals surface area contributed by atoms with Gasteiger partial charge in [-0.05, 0) is 17.3 Å². The second-order valence-corrected chi connectivity index (χ2v) is 3.79. The highest BCUT2D eigenvalue weighted by molar-refractivity contribution is 14.1. The molecule has 0 aliphatic carbocycles. The maximum atomic E-state index is 12.3. The summed E-state index contributed by atoms with van der Waals surface area (Å²) >= 11 is 1.80. The Labute approximate surface area is 102 Å². The van der Waals surface area contributed by atoms with Crippen LogP contribution in [-0.4, -0.2) is 18.4 Å². The molecule has 2 rings (SSSR count). The topological polar surface area (TPSA) is 43.6 Å². The number of hydrogen-bond acceptors (Lipinski definition) is 3. The Bertz CT molecular complexity index is 491. The van der Waals surface area contributed by atoms with Gasteiger partial charge in [0.1, 0.15) is 22.9 Å². The van der Waals surface area contributed by atoms with Crippen molar-refractivity contribution < 1.29 is 13.2 Å². The molecule has 0 saturated carbocycles. The van der Waals surface area contributed by atoms with Gasteiger partial charge in [-0.15, -0.1) is 13.2 Å². The second kappa shape index (κ2) is 4.00. The lowest BCUT2D eigenvalue weighted by Gasteiger charge is -2.05. The van der Waals surface area contributed by atoms with Crippen LogP contribution in [0, 0.1) is 0 Å². The average Bonchev–Trinajstić information content (AvgIpc) is 2.64. The molecular formula is C8H4F3IN4. The van der Waals surface area contributed by atoms with E-state index in [-0.39, 0.29) is 0 Å². The maximum absolute atomic E-state index is 12.3. The molecule has 8 heteroatoms. The lowest BCUT2D eigenvalue weighted by atomic mass is 10.1. The molecular weight excluding hydrogens is 336 g/mol. The van der Waals surface area contributed by atoms with Gasteiger partial charge in [0.2, 0.25) is 5.82 Å². The van der Waals surface area contributed by atoms with E-state index in [1.165, 1.54) is 15.1 Å². The first kappa shape index (κ1) is 11.3. The highest BCUT2D eigenvalue weighted by Gasteiger charge is 2.30. The van der Waals surface area contributed by atoms with Crippen molar-refractivity contribution in [3.8, 4) is 11.4 Å². The predicted octanol–water partition coefficient (Wildman–Crippen LogP) is 2.56. The Morgan fingerprint density at radius 1 is 1.12 bits per heavy atom. The fraction of sp³-hybridized carbons (Fsp3) is 0.125. The number of aromatic nitrogens is 4. The molecule has 2 aromatic rings. The van der Waals surface area contributed by atoms with Crippen LogP contribution in [0.4, 0.5) is 13.2 Å². The minimum absolute atomic E-state index is 0.295. The van der Waals surface area contributed by atoms with Crippen molar-refractivity contribution in [3.63, 3.8) is 0 Å². The summed E-state index contributed by atoms with van der Waals surface area (Å²) in [4.78, 5) is 0. The summed E-state index contributed by atoms with van der Waals surface area (Å²) in [6, 6.07) is 4.61. The molecule has 0 spiro atoms. The Hall–Kier alpha value is -1.19. The summed E-state index contributed by atoms with van der Waals surface area (Å²) in [5, 5.41) is 11.1. The molecule has 0 aliphatic heterocycles. The third-order valence-corrected chi connectivity index (χ3v) is 2.27. The Morgan fingerprint density at radius 2 is 1.75 bits per heavy atom. The lowest BCUT2D eigenvalue weighted by Crippen LogP contribution is -2.04. The molecule has 1 aromatic heterocycles. The van der Waals surface area contributed by atoms with Gasteiger partial charge in [-0.1, -0.05) is 12.1 Å². The Balaban J connectivity index is 2.33. The van der Waals surface area contributed by atoms with Crippen LogP contribution in [0.3, 0.4) is 0 Å². The van der Waals surface area contributed by atoms with Gasteiger partial charge < -0.3 is 0 Å². The van der Waals surface area contributed by atoms with E-state index in [0.29, 0.717) is 11.4 Å². The number of rotatable bonds is 1. The lowest BCUT2D eigenvalue weighted by molar-refractivity contribution is -0.137. The van der Waals surface area contributed by atoms with Gasteiger partial charge in [0.15, 0.2) is 0 Å². The van der Waals surface area contributed by atoms with E-state index in [0.717, 1.165) is 12.1 Å². The van der Waals surface area contributed by atoms with Gasteiger partial charge in [-0.3, -0.25) is 0 Å². The van der Waals surface area contributed by atoms with Crippen molar-refractivity contribution in [1.29, 1.82) is 0 Å². The number of tetrazole rings is 1. The summed E-state index contributed by atoms with van der Waals surface area (Å²) in [6.07, 6.45) is -4.33. The van der Waals surface area contributed by atoms with E-state index in [1.54, 1.807) is 22.9 Å². The third-order valence-electron chi connectivity index (χ3n) is 1.86. The summed E-state index contributed by atoms with van der Waals surface area (Å²) in [6.45, 7) is 0. The van der Waals surface area contributed by atoms with Gasteiger partial charge in [-0.2, -0.15) is 13.2 Å². The van der Waals surface area contributed by atoms with Gasteiger partial charge in [0.25, 0.3) is 0 Å². The first-order valence-corrected chi connectivity index (χ1v) is 5.07. The zero-order valence-corrected chi connectivity index (χ0v) is 9.77. The fourth-order valence-electron chi connectivity index (χ4n) is 1.12. The number of hydrogen-bond donors (Lipinski definition) is 0. The molecule has 0 N–H and O–H groups in total. The van der Waals surface area contributed by atoms with E-state index in [1.807, 2.05) is 0 Å². The van der Waals surface area contributed by atoms with Crippen LogP contribution in [0.2, 0.25) is 0 Å². The molecule has 16 heavy (non-hydrogen) atoms. The van der Waals surface area contributed by atoms with Crippen molar-refractivity contribution in [1.82, 2.24) is 18.4 Å². The molecule has 1 aromatic carbocycles. The molecule has 1 heterocycles. The SMILES string of the molecule is FC(F)(F)c1ccc(-c2nnn(I)n2)cc1. The van der Waals surface area contributed by atoms with Crippen LogP contribution in [0.15, 0.2) is 24.3 Å². The van der Waals surface area contributed by atoms with Crippen LogP contribution in [0.1, 0.15) is 5.56 Å². The zero-order chi connectivity index (χ0) is 11.8. The first-order valence-electron chi connectivity index (χ1n) is 4.10. The fourth-order valence-corrected chi connectivity index (χ4v) is 1.42. The third kappa shape index (κ3) is 2.31. The maximum Gasteiger partial charge on any atom is 0.416 e.